The molecule has 1 heterocycles. The molecule has 8 aromatic rings. The fourth-order valence-corrected chi connectivity index (χ4v) is 6.31. The van der Waals surface area contributed by atoms with Crippen molar-refractivity contribution in [2.24, 2.45) is 0 Å². The van der Waals surface area contributed by atoms with E-state index in [0.717, 1.165) is 22.7 Å². The number of hydrogen-bond acceptors (Lipinski definition) is 1. The zero-order valence-corrected chi connectivity index (χ0v) is 24.2. The van der Waals surface area contributed by atoms with Crippen molar-refractivity contribution in [1.29, 1.82) is 0 Å². The lowest BCUT2D eigenvalue weighted by molar-refractivity contribution is 1.17. The first-order chi connectivity index (χ1) is 21.8. The highest BCUT2D eigenvalue weighted by Gasteiger charge is 2.16. The standard InChI is InChI=1S/C42H30N2/c1-3-13-31(14-4-1)33-17-11-19-37(29-33)43(38-20-12-18-34(30-38)32-15-5-2-6-16-32)35-25-27-36(28-26-35)44-41-23-9-7-21-39(41)40-22-8-10-24-42(40)44/h1-30H. The third-order valence-electron chi connectivity index (χ3n) is 8.37. The van der Waals surface area contributed by atoms with E-state index in [1.165, 1.54) is 44.1 Å². The van der Waals surface area contributed by atoms with Gasteiger partial charge in [0.25, 0.3) is 0 Å². The highest BCUT2D eigenvalue weighted by molar-refractivity contribution is 6.09. The summed E-state index contributed by atoms with van der Waals surface area (Å²) in [5.74, 6) is 0. The molecule has 8 rings (SSSR count). The maximum absolute atomic E-state index is 2.37. The van der Waals surface area contributed by atoms with E-state index >= 15 is 0 Å². The minimum atomic E-state index is 1.10. The number of rotatable bonds is 6. The van der Waals surface area contributed by atoms with Crippen LogP contribution >= 0.6 is 0 Å². The Bertz CT molecular complexity index is 2080. The molecular weight excluding hydrogens is 532 g/mol. The van der Waals surface area contributed by atoms with Crippen molar-refractivity contribution in [3.05, 3.63) is 182 Å². The minimum Gasteiger partial charge on any atom is -0.310 e. The van der Waals surface area contributed by atoms with Crippen LogP contribution in [0.15, 0.2) is 182 Å². The third-order valence-corrected chi connectivity index (χ3v) is 8.37. The second-order valence-electron chi connectivity index (χ2n) is 11.1. The van der Waals surface area contributed by atoms with E-state index in [1.807, 2.05) is 0 Å². The van der Waals surface area contributed by atoms with E-state index in [0.29, 0.717) is 0 Å². The van der Waals surface area contributed by atoms with Gasteiger partial charge < -0.3 is 9.47 Å². The summed E-state index contributed by atoms with van der Waals surface area (Å²) < 4.78 is 2.37. The molecule has 0 atom stereocenters. The maximum Gasteiger partial charge on any atom is 0.0541 e. The summed E-state index contributed by atoms with van der Waals surface area (Å²) in [6.07, 6.45) is 0. The molecule has 7 aromatic carbocycles. The summed E-state index contributed by atoms with van der Waals surface area (Å²) in [5, 5.41) is 2.54. The SMILES string of the molecule is c1ccc(-c2cccc(N(c3ccc(-n4c5ccccc5c5ccccc54)cc3)c3cccc(-c4ccccc4)c3)c2)cc1. The Morgan fingerprint density at radius 2 is 0.750 bits per heavy atom. The van der Waals surface area contributed by atoms with E-state index in [1.54, 1.807) is 0 Å². The van der Waals surface area contributed by atoms with Crippen LogP contribution in [0, 0.1) is 0 Å². The van der Waals surface area contributed by atoms with Crippen molar-refractivity contribution < 1.29 is 0 Å². The Hall–Kier alpha value is -5.86. The van der Waals surface area contributed by atoms with Crippen LogP contribution in [0.5, 0.6) is 0 Å². The summed E-state index contributed by atoms with van der Waals surface area (Å²) in [6, 6.07) is 65.1. The van der Waals surface area contributed by atoms with Crippen LogP contribution in [0.4, 0.5) is 17.1 Å². The normalized spacial score (nSPS) is 11.2. The summed E-state index contributed by atoms with van der Waals surface area (Å²) in [4.78, 5) is 2.36. The van der Waals surface area contributed by atoms with Crippen LogP contribution in [-0.4, -0.2) is 4.57 Å². The van der Waals surface area contributed by atoms with Crippen LogP contribution in [0.2, 0.25) is 0 Å². The fourth-order valence-electron chi connectivity index (χ4n) is 6.31. The van der Waals surface area contributed by atoms with Crippen LogP contribution in [-0.2, 0) is 0 Å². The van der Waals surface area contributed by atoms with Gasteiger partial charge in [-0.15, -0.1) is 0 Å². The number of benzene rings is 7. The molecule has 0 unspecified atom stereocenters. The molecule has 2 nitrogen and oxygen atoms in total. The number of hydrogen-bond donors (Lipinski definition) is 0. The summed E-state index contributed by atoms with van der Waals surface area (Å²) in [6.45, 7) is 0. The van der Waals surface area contributed by atoms with Gasteiger partial charge in [0, 0.05) is 33.5 Å². The molecule has 0 fully saturated rings. The average Bonchev–Trinajstić information content (AvgIpc) is 3.44. The maximum atomic E-state index is 2.37. The number of nitrogens with zero attached hydrogens (tertiary/aromatic N) is 2. The van der Waals surface area contributed by atoms with E-state index in [9.17, 15) is 0 Å². The van der Waals surface area contributed by atoms with Gasteiger partial charge in [0.2, 0.25) is 0 Å². The van der Waals surface area contributed by atoms with E-state index in [4.69, 9.17) is 0 Å². The third kappa shape index (κ3) is 4.63. The molecule has 0 saturated carbocycles. The fraction of sp³-hybridized carbons (Fsp3) is 0. The van der Waals surface area contributed by atoms with E-state index < -0.39 is 0 Å². The lowest BCUT2D eigenvalue weighted by Gasteiger charge is -2.27. The van der Waals surface area contributed by atoms with Crippen molar-refractivity contribution in [2.45, 2.75) is 0 Å². The number of para-hydroxylation sites is 2. The van der Waals surface area contributed by atoms with E-state index in [2.05, 4.69) is 191 Å². The molecule has 0 bridgehead atoms. The zero-order chi connectivity index (χ0) is 29.3. The first-order valence-corrected chi connectivity index (χ1v) is 15.0. The van der Waals surface area contributed by atoms with Crippen LogP contribution in [0.1, 0.15) is 0 Å². The largest absolute Gasteiger partial charge is 0.310 e. The zero-order valence-electron chi connectivity index (χ0n) is 24.2. The summed E-state index contributed by atoms with van der Waals surface area (Å²) >= 11 is 0. The van der Waals surface area contributed by atoms with Crippen molar-refractivity contribution in [2.75, 3.05) is 4.90 Å². The van der Waals surface area contributed by atoms with Crippen molar-refractivity contribution >= 4 is 38.9 Å². The second-order valence-corrected chi connectivity index (χ2v) is 11.1. The molecule has 44 heavy (non-hydrogen) atoms. The topological polar surface area (TPSA) is 8.17 Å². The molecule has 0 aliphatic carbocycles. The van der Waals surface area contributed by atoms with Gasteiger partial charge in [-0.3, -0.25) is 0 Å². The van der Waals surface area contributed by atoms with Gasteiger partial charge in [-0.25, -0.2) is 0 Å². The van der Waals surface area contributed by atoms with Gasteiger partial charge in [-0.05, 0) is 82.9 Å². The minimum absolute atomic E-state index is 1.10. The molecule has 0 spiro atoms. The van der Waals surface area contributed by atoms with Gasteiger partial charge in [0.15, 0.2) is 0 Å². The molecule has 0 aliphatic heterocycles. The molecule has 1 aromatic heterocycles. The van der Waals surface area contributed by atoms with Gasteiger partial charge in [-0.1, -0.05) is 121 Å². The van der Waals surface area contributed by atoms with Gasteiger partial charge in [0.05, 0.1) is 11.0 Å². The Morgan fingerprint density at radius 1 is 0.318 bits per heavy atom. The first kappa shape index (κ1) is 25.8. The molecule has 0 N–H and O–H groups in total. The Kier molecular flexibility index (Phi) is 6.51. The summed E-state index contributed by atoms with van der Waals surface area (Å²) in [7, 11) is 0. The highest BCUT2D eigenvalue weighted by atomic mass is 15.1. The molecule has 2 heteroatoms. The van der Waals surface area contributed by atoms with Crippen molar-refractivity contribution in [3.63, 3.8) is 0 Å². The predicted octanol–water partition coefficient (Wildman–Crippen LogP) is 11.6. The second kappa shape index (κ2) is 11.1. The number of aromatic nitrogens is 1. The molecule has 0 aliphatic rings. The quantitative estimate of drug-likeness (QED) is 0.196. The van der Waals surface area contributed by atoms with Crippen LogP contribution in [0.25, 0.3) is 49.7 Å². The Labute approximate surface area is 257 Å². The molecule has 0 saturated heterocycles. The van der Waals surface area contributed by atoms with Gasteiger partial charge >= 0.3 is 0 Å². The highest BCUT2D eigenvalue weighted by Crippen LogP contribution is 2.39. The average molecular weight is 563 g/mol. The van der Waals surface area contributed by atoms with Crippen molar-refractivity contribution in [1.82, 2.24) is 4.57 Å². The van der Waals surface area contributed by atoms with Crippen molar-refractivity contribution in [3.8, 4) is 27.9 Å². The monoisotopic (exact) mass is 562 g/mol. The van der Waals surface area contributed by atoms with Gasteiger partial charge in [0.1, 0.15) is 0 Å². The molecular formula is C42H30N2. The van der Waals surface area contributed by atoms with E-state index in [-0.39, 0.29) is 0 Å². The molecule has 0 radical (unpaired) electrons. The van der Waals surface area contributed by atoms with Crippen LogP contribution < -0.4 is 4.90 Å². The lowest BCUT2D eigenvalue weighted by atomic mass is 10.0. The van der Waals surface area contributed by atoms with Crippen LogP contribution in [0.3, 0.4) is 0 Å². The molecule has 208 valence electrons. The number of fused-ring (bicyclic) bond motifs is 3. The lowest BCUT2D eigenvalue weighted by Crippen LogP contribution is -2.10. The smallest absolute Gasteiger partial charge is 0.0541 e. The molecule has 0 amide bonds. The summed E-state index contributed by atoms with van der Waals surface area (Å²) in [5.41, 5.74) is 11.7. The first-order valence-electron chi connectivity index (χ1n) is 15.0. The Balaban J connectivity index is 1.27. The Morgan fingerprint density at radius 3 is 1.25 bits per heavy atom. The predicted molar refractivity (Wildman–Crippen MR) is 186 cm³/mol. The number of anilines is 3. The van der Waals surface area contributed by atoms with Gasteiger partial charge in [-0.2, -0.15) is 0 Å².